The van der Waals surface area contributed by atoms with Crippen LogP contribution in [0, 0.1) is 0 Å². The number of benzene rings is 1. The van der Waals surface area contributed by atoms with Crippen LogP contribution >= 0.6 is 12.6 Å². The largest absolute Gasteiger partial charge is 0.263 e. The Bertz CT molecular complexity index is 272. The second-order valence-electron chi connectivity index (χ2n) is 2.46. The maximum Gasteiger partial charge on any atom is 0.263 e. The van der Waals surface area contributed by atoms with Gasteiger partial charge < -0.3 is 0 Å². The van der Waals surface area contributed by atoms with Gasteiger partial charge in [0, 0.05) is 16.0 Å². The zero-order valence-electron chi connectivity index (χ0n) is 6.35. The van der Waals surface area contributed by atoms with Crippen LogP contribution in [0.2, 0.25) is 0 Å². The Kier molecular flexibility index (Phi) is 3.19. The summed E-state index contributed by atoms with van der Waals surface area (Å²) in [6, 6.07) is 2.92. The van der Waals surface area contributed by atoms with E-state index in [1.807, 2.05) is 0 Å². The average molecular weight is 210 g/mol. The van der Waals surface area contributed by atoms with Crippen LogP contribution in [-0.2, 0) is 0 Å². The molecule has 0 aliphatic heterocycles. The summed E-state index contributed by atoms with van der Waals surface area (Å²) < 4.78 is 48.4. The first-order chi connectivity index (χ1) is 6.00. The third-order valence-electron chi connectivity index (χ3n) is 1.47. The molecule has 1 aromatic carbocycles. The first kappa shape index (κ1) is 10.4. The van der Waals surface area contributed by atoms with Gasteiger partial charge in [0.05, 0.1) is 0 Å². The maximum absolute atomic E-state index is 12.1. The molecule has 0 bridgehead atoms. The fourth-order valence-electron chi connectivity index (χ4n) is 0.911. The highest BCUT2D eigenvalue weighted by Crippen LogP contribution is 2.28. The van der Waals surface area contributed by atoms with Gasteiger partial charge in [0.25, 0.3) is 12.9 Å². The minimum absolute atomic E-state index is 0.119. The van der Waals surface area contributed by atoms with Crippen molar-refractivity contribution in [3.63, 3.8) is 0 Å². The van der Waals surface area contributed by atoms with Crippen molar-refractivity contribution < 1.29 is 17.6 Å². The summed E-state index contributed by atoms with van der Waals surface area (Å²) in [6.07, 6.45) is -5.49. The summed E-state index contributed by atoms with van der Waals surface area (Å²) in [7, 11) is 0. The molecular weight excluding hydrogens is 204 g/mol. The van der Waals surface area contributed by atoms with Crippen molar-refractivity contribution in [2.24, 2.45) is 0 Å². The highest BCUT2D eigenvalue weighted by molar-refractivity contribution is 7.80. The van der Waals surface area contributed by atoms with E-state index in [4.69, 9.17) is 0 Å². The molecule has 0 radical (unpaired) electrons. The third kappa shape index (κ3) is 2.62. The predicted octanol–water partition coefficient (Wildman–Crippen LogP) is 3.85. The Balaban J connectivity index is 3.11. The molecule has 0 aromatic heterocycles. The zero-order valence-corrected chi connectivity index (χ0v) is 7.24. The van der Waals surface area contributed by atoms with E-state index < -0.39 is 24.0 Å². The second-order valence-corrected chi connectivity index (χ2v) is 2.98. The Hall–Kier alpha value is -0.710. The Morgan fingerprint density at radius 3 is 1.54 bits per heavy atom. The minimum Gasteiger partial charge on any atom is -0.205 e. The van der Waals surface area contributed by atoms with Crippen molar-refractivity contribution in [3.05, 3.63) is 29.3 Å². The van der Waals surface area contributed by atoms with Crippen molar-refractivity contribution in [1.29, 1.82) is 0 Å². The van der Waals surface area contributed by atoms with Gasteiger partial charge in [-0.25, -0.2) is 17.6 Å². The van der Waals surface area contributed by atoms with Gasteiger partial charge in [0.1, 0.15) is 0 Å². The van der Waals surface area contributed by atoms with E-state index in [1.54, 1.807) is 0 Å². The van der Waals surface area contributed by atoms with E-state index in [-0.39, 0.29) is 4.90 Å². The maximum atomic E-state index is 12.1. The van der Waals surface area contributed by atoms with Crippen molar-refractivity contribution >= 4 is 12.6 Å². The van der Waals surface area contributed by atoms with Crippen LogP contribution in [-0.4, -0.2) is 0 Å². The van der Waals surface area contributed by atoms with E-state index in [2.05, 4.69) is 12.6 Å². The smallest absolute Gasteiger partial charge is 0.205 e. The third-order valence-corrected chi connectivity index (χ3v) is 1.72. The van der Waals surface area contributed by atoms with Gasteiger partial charge in [-0.3, -0.25) is 0 Å². The lowest BCUT2D eigenvalue weighted by Crippen LogP contribution is -1.90. The summed E-state index contributed by atoms with van der Waals surface area (Å²) in [6.45, 7) is 0. The van der Waals surface area contributed by atoms with E-state index in [0.29, 0.717) is 0 Å². The summed E-state index contributed by atoms with van der Waals surface area (Å²) >= 11 is 3.75. The molecule has 13 heavy (non-hydrogen) atoms. The quantitative estimate of drug-likeness (QED) is 0.556. The molecule has 0 spiro atoms. The summed E-state index contributed by atoms with van der Waals surface area (Å²) in [5.41, 5.74) is -0.856. The summed E-state index contributed by atoms with van der Waals surface area (Å²) in [5, 5.41) is 0. The highest BCUT2D eigenvalue weighted by atomic mass is 32.1. The van der Waals surface area contributed by atoms with Gasteiger partial charge in [0.2, 0.25) is 0 Å². The molecule has 72 valence electrons. The molecule has 0 heterocycles. The molecule has 5 heteroatoms. The molecular formula is C8H6F4S. The molecule has 1 aromatic rings. The lowest BCUT2D eigenvalue weighted by molar-refractivity contribution is 0.143. The van der Waals surface area contributed by atoms with Gasteiger partial charge in [-0.15, -0.1) is 12.6 Å². The number of halogens is 4. The topological polar surface area (TPSA) is 0 Å². The number of hydrogen-bond acceptors (Lipinski definition) is 1. The van der Waals surface area contributed by atoms with Crippen LogP contribution in [0.25, 0.3) is 0 Å². The van der Waals surface area contributed by atoms with Gasteiger partial charge in [-0.2, -0.15) is 0 Å². The first-order valence-electron chi connectivity index (χ1n) is 3.41. The molecule has 0 saturated heterocycles. The summed E-state index contributed by atoms with van der Waals surface area (Å²) in [5.74, 6) is 0. The highest BCUT2D eigenvalue weighted by Gasteiger charge is 2.13. The zero-order chi connectivity index (χ0) is 10.0. The minimum atomic E-state index is -2.75. The molecule has 0 fully saturated rings. The number of hydrogen-bond donors (Lipinski definition) is 1. The number of rotatable bonds is 2. The van der Waals surface area contributed by atoms with Crippen LogP contribution < -0.4 is 0 Å². The van der Waals surface area contributed by atoms with Crippen molar-refractivity contribution in [2.45, 2.75) is 17.7 Å². The number of alkyl halides is 4. The van der Waals surface area contributed by atoms with Crippen molar-refractivity contribution in [1.82, 2.24) is 0 Å². The van der Waals surface area contributed by atoms with Crippen molar-refractivity contribution in [3.8, 4) is 0 Å². The standard InChI is InChI=1S/C8H6F4S/c9-7(10)4-1-5(8(11)12)3-6(13)2-4/h1-3,7-8,13H. The average Bonchev–Trinajstić information content (AvgIpc) is 2.03. The monoisotopic (exact) mass is 210 g/mol. The van der Waals surface area contributed by atoms with Gasteiger partial charge >= 0.3 is 0 Å². The molecule has 0 saturated carbocycles. The van der Waals surface area contributed by atoms with Gasteiger partial charge in [-0.05, 0) is 18.2 Å². The number of thiol groups is 1. The molecule has 0 N–H and O–H groups in total. The van der Waals surface area contributed by atoms with Crippen LogP contribution in [0.4, 0.5) is 17.6 Å². The van der Waals surface area contributed by atoms with Crippen LogP contribution in [0.5, 0.6) is 0 Å². The second kappa shape index (κ2) is 4.00. The van der Waals surface area contributed by atoms with Gasteiger partial charge in [-0.1, -0.05) is 0 Å². The predicted molar refractivity (Wildman–Crippen MR) is 43.6 cm³/mol. The fourth-order valence-corrected chi connectivity index (χ4v) is 1.21. The van der Waals surface area contributed by atoms with E-state index in [1.165, 1.54) is 0 Å². The van der Waals surface area contributed by atoms with Crippen molar-refractivity contribution in [2.75, 3.05) is 0 Å². The van der Waals surface area contributed by atoms with Crippen LogP contribution in [0.1, 0.15) is 24.0 Å². The lowest BCUT2D eigenvalue weighted by atomic mass is 10.1. The van der Waals surface area contributed by atoms with E-state index in [9.17, 15) is 17.6 Å². The van der Waals surface area contributed by atoms with Crippen LogP contribution in [0.3, 0.4) is 0 Å². The van der Waals surface area contributed by atoms with Gasteiger partial charge in [0.15, 0.2) is 0 Å². The molecule has 0 atom stereocenters. The molecule has 1 rings (SSSR count). The molecule has 0 aliphatic rings. The molecule has 0 unspecified atom stereocenters. The SMILES string of the molecule is FC(F)c1cc(S)cc(C(F)F)c1. The van der Waals surface area contributed by atoms with E-state index >= 15 is 0 Å². The van der Waals surface area contributed by atoms with E-state index in [0.717, 1.165) is 18.2 Å². The Morgan fingerprint density at radius 1 is 0.846 bits per heavy atom. The Morgan fingerprint density at radius 2 is 1.23 bits per heavy atom. The van der Waals surface area contributed by atoms with Crippen LogP contribution in [0.15, 0.2) is 23.1 Å². The molecule has 0 aliphatic carbocycles. The molecule has 0 nitrogen and oxygen atoms in total. The first-order valence-corrected chi connectivity index (χ1v) is 3.85. The molecule has 0 amide bonds. The Labute approximate surface area is 78.0 Å². The summed E-state index contributed by atoms with van der Waals surface area (Å²) in [4.78, 5) is 0.119. The fraction of sp³-hybridized carbons (Fsp3) is 0.250. The lowest BCUT2D eigenvalue weighted by Gasteiger charge is -2.05. The normalized spacial score (nSPS) is 11.3.